The first kappa shape index (κ1) is 25.6. The van der Waals surface area contributed by atoms with Gasteiger partial charge in [0.1, 0.15) is 5.75 Å². The molecule has 0 bridgehead atoms. The second kappa shape index (κ2) is 13.0. The van der Waals surface area contributed by atoms with E-state index >= 15 is 0 Å². The van der Waals surface area contributed by atoms with Gasteiger partial charge >= 0.3 is 0 Å². The molecule has 1 aromatic carbocycles. The fourth-order valence-electron chi connectivity index (χ4n) is 3.90. The summed E-state index contributed by atoms with van der Waals surface area (Å²) in [4.78, 5) is 58.2. The van der Waals surface area contributed by atoms with Crippen LogP contribution in [0.25, 0.3) is 0 Å². The van der Waals surface area contributed by atoms with Crippen LogP contribution in [-0.2, 0) is 24.0 Å². The number of nitrogens with one attached hydrogen (secondary N) is 3. The van der Waals surface area contributed by atoms with Crippen molar-refractivity contribution in [2.45, 2.75) is 44.6 Å². The second-order valence-corrected chi connectivity index (χ2v) is 7.93. The van der Waals surface area contributed by atoms with Gasteiger partial charge < -0.3 is 31.1 Å². The van der Waals surface area contributed by atoms with Crippen molar-refractivity contribution in [2.75, 3.05) is 25.0 Å². The Morgan fingerprint density at radius 2 is 1.79 bits per heavy atom. The standard InChI is InChI=1S/C21H28N4O5.CH2O2/c26-17-3-1-2-16(12-17)24-19(28)9-8-18(27)23-15-6-4-14(5-7-15)21(30)25-11-10-22-20(29)13-25;2-1-3/h1-3,12,14-15,26H,4-11,13H2,(H,22,29)(H,23,27)(H,24,28);1H,(H,2,3). The number of nitrogens with zero attached hydrogens (tertiary/aromatic N) is 1. The van der Waals surface area contributed by atoms with Crippen LogP contribution >= 0.6 is 0 Å². The molecule has 1 aromatic rings. The smallest absolute Gasteiger partial charge is 0.290 e. The fraction of sp³-hybridized carbons (Fsp3) is 0.500. The van der Waals surface area contributed by atoms with Crippen LogP contribution in [0.4, 0.5) is 5.69 Å². The number of amides is 4. The highest BCUT2D eigenvalue weighted by atomic mass is 16.3. The molecule has 11 heteroatoms. The molecule has 11 nitrogen and oxygen atoms in total. The molecule has 1 aliphatic carbocycles. The van der Waals surface area contributed by atoms with Gasteiger partial charge in [-0.3, -0.25) is 24.0 Å². The Morgan fingerprint density at radius 1 is 1.12 bits per heavy atom. The van der Waals surface area contributed by atoms with Crippen LogP contribution in [0.5, 0.6) is 5.75 Å². The van der Waals surface area contributed by atoms with Crippen LogP contribution < -0.4 is 16.0 Å². The Kier molecular flexibility index (Phi) is 10.1. The highest BCUT2D eigenvalue weighted by Gasteiger charge is 2.31. The summed E-state index contributed by atoms with van der Waals surface area (Å²) in [6.07, 6.45) is 2.90. The Bertz CT molecular complexity index is 853. The maximum absolute atomic E-state index is 12.6. The molecule has 180 valence electrons. The summed E-state index contributed by atoms with van der Waals surface area (Å²) < 4.78 is 0. The monoisotopic (exact) mass is 462 g/mol. The summed E-state index contributed by atoms with van der Waals surface area (Å²) in [7, 11) is 0. The van der Waals surface area contributed by atoms with Crippen LogP contribution in [0.3, 0.4) is 0 Å². The zero-order valence-electron chi connectivity index (χ0n) is 18.3. The molecule has 0 aromatic heterocycles. The third kappa shape index (κ3) is 8.79. The van der Waals surface area contributed by atoms with Crippen LogP contribution in [-0.4, -0.2) is 70.9 Å². The number of benzene rings is 1. The number of carbonyl (C=O) groups excluding carboxylic acids is 4. The van der Waals surface area contributed by atoms with Crippen LogP contribution in [0.1, 0.15) is 38.5 Å². The average molecular weight is 463 g/mol. The lowest BCUT2D eigenvalue weighted by Gasteiger charge is -2.34. The predicted octanol–water partition coefficient (Wildman–Crippen LogP) is 0.445. The van der Waals surface area contributed by atoms with Crippen LogP contribution in [0.2, 0.25) is 0 Å². The van der Waals surface area contributed by atoms with E-state index in [-0.39, 0.29) is 67.2 Å². The Labute approximate surface area is 191 Å². The molecular weight excluding hydrogens is 432 g/mol. The lowest BCUT2D eigenvalue weighted by atomic mass is 9.85. The molecule has 1 saturated heterocycles. The van der Waals surface area contributed by atoms with Gasteiger partial charge in [-0.15, -0.1) is 0 Å². The van der Waals surface area contributed by atoms with E-state index in [2.05, 4.69) is 16.0 Å². The van der Waals surface area contributed by atoms with Gasteiger partial charge in [0.2, 0.25) is 23.6 Å². The average Bonchev–Trinajstić information content (AvgIpc) is 2.78. The van der Waals surface area contributed by atoms with Crippen molar-refractivity contribution in [1.29, 1.82) is 0 Å². The molecule has 1 saturated carbocycles. The number of rotatable bonds is 6. The largest absolute Gasteiger partial charge is 0.508 e. The van der Waals surface area contributed by atoms with E-state index in [0.29, 0.717) is 44.5 Å². The zero-order chi connectivity index (χ0) is 24.2. The van der Waals surface area contributed by atoms with Crippen molar-refractivity contribution in [1.82, 2.24) is 15.5 Å². The lowest BCUT2D eigenvalue weighted by molar-refractivity contribution is -0.142. The maximum Gasteiger partial charge on any atom is 0.290 e. The van der Waals surface area contributed by atoms with E-state index in [1.807, 2.05) is 0 Å². The minimum Gasteiger partial charge on any atom is -0.508 e. The van der Waals surface area contributed by atoms with Crippen molar-refractivity contribution in [3.05, 3.63) is 24.3 Å². The highest BCUT2D eigenvalue weighted by molar-refractivity contribution is 5.93. The summed E-state index contributed by atoms with van der Waals surface area (Å²) in [5, 5.41) is 24.6. The summed E-state index contributed by atoms with van der Waals surface area (Å²) in [6.45, 7) is 0.918. The van der Waals surface area contributed by atoms with Crippen molar-refractivity contribution in [3.8, 4) is 5.75 Å². The van der Waals surface area contributed by atoms with Gasteiger partial charge in [0, 0.05) is 49.6 Å². The number of phenolic OH excluding ortho intramolecular Hbond substituents is 1. The molecular formula is C22H30N4O7. The van der Waals surface area contributed by atoms with Crippen molar-refractivity contribution < 1.29 is 34.2 Å². The fourth-order valence-corrected chi connectivity index (χ4v) is 3.90. The first-order chi connectivity index (χ1) is 15.8. The predicted molar refractivity (Wildman–Crippen MR) is 118 cm³/mol. The molecule has 1 aliphatic heterocycles. The number of hydrogen-bond donors (Lipinski definition) is 5. The number of aromatic hydroxyl groups is 1. The van der Waals surface area contributed by atoms with Crippen molar-refractivity contribution >= 4 is 35.8 Å². The normalized spacial score (nSPS) is 19.9. The number of piperazine rings is 1. The number of hydrogen-bond acceptors (Lipinski definition) is 6. The van der Waals surface area contributed by atoms with Crippen LogP contribution in [0, 0.1) is 5.92 Å². The third-order valence-electron chi connectivity index (χ3n) is 5.50. The molecule has 33 heavy (non-hydrogen) atoms. The molecule has 0 radical (unpaired) electrons. The second-order valence-electron chi connectivity index (χ2n) is 7.93. The Hall–Kier alpha value is -3.63. The number of carboxylic acid groups (broad SMARTS) is 1. The maximum atomic E-state index is 12.6. The van der Waals surface area contributed by atoms with Gasteiger partial charge in [-0.05, 0) is 37.8 Å². The van der Waals surface area contributed by atoms with Gasteiger partial charge in [-0.1, -0.05) is 6.07 Å². The molecule has 3 rings (SSSR count). The quantitative estimate of drug-likeness (QED) is 0.383. The molecule has 0 unspecified atom stereocenters. The van der Waals surface area contributed by atoms with Gasteiger partial charge in [-0.2, -0.15) is 0 Å². The molecule has 0 spiro atoms. The number of carbonyl (C=O) groups is 5. The number of phenols is 1. The van der Waals surface area contributed by atoms with Crippen LogP contribution in [0.15, 0.2) is 24.3 Å². The van der Waals surface area contributed by atoms with Gasteiger partial charge in [0.15, 0.2) is 0 Å². The first-order valence-electron chi connectivity index (χ1n) is 10.8. The van der Waals surface area contributed by atoms with E-state index in [0.717, 1.165) is 0 Å². The minimum absolute atomic E-state index is 0.000311. The summed E-state index contributed by atoms with van der Waals surface area (Å²) in [6, 6.07) is 6.23. The summed E-state index contributed by atoms with van der Waals surface area (Å²) in [5.41, 5.74) is 0.481. The summed E-state index contributed by atoms with van der Waals surface area (Å²) in [5.74, 6) is -0.624. The minimum atomic E-state index is -0.296. The van der Waals surface area contributed by atoms with E-state index < -0.39 is 0 Å². The molecule has 5 N–H and O–H groups in total. The first-order valence-corrected chi connectivity index (χ1v) is 10.8. The molecule has 1 heterocycles. The van der Waals surface area contributed by atoms with E-state index in [4.69, 9.17) is 9.90 Å². The topological polar surface area (TPSA) is 165 Å². The van der Waals surface area contributed by atoms with Gasteiger partial charge in [0.25, 0.3) is 6.47 Å². The zero-order valence-corrected chi connectivity index (χ0v) is 18.3. The van der Waals surface area contributed by atoms with Gasteiger partial charge in [-0.25, -0.2) is 0 Å². The number of anilines is 1. The van der Waals surface area contributed by atoms with E-state index in [1.165, 1.54) is 12.1 Å². The summed E-state index contributed by atoms with van der Waals surface area (Å²) >= 11 is 0. The Morgan fingerprint density at radius 3 is 2.42 bits per heavy atom. The molecule has 4 amide bonds. The van der Waals surface area contributed by atoms with Crippen molar-refractivity contribution in [2.24, 2.45) is 5.92 Å². The lowest BCUT2D eigenvalue weighted by Crippen LogP contribution is -2.52. The van der Waals surface area contributed by atoms with E-state index in [9.17, 15) is 24.3 Å². The third-order valence-corrected chi connectivity index (χ3v) is 5.50. The molecule has 2 aliphatic rings. The van der Waals surface area contributed by atoms with Gasteiger partial charge in [0.05, 0.1) is 6.54 Å². The molecule has 0 atom stereocenters. The SMILES string of the molecule is O=C1CN(C(=O)C2CCC(NC(=O)CCC(=O)Nc3cccc(O)c3)CC2)CCN1.O=CO. The highest BCUT2D eigenvalue weighted by Crippen LogP contribution is 2.26. The Balaban J connectivity index is 0.00000122. The molecule has 2 fully saturated rings. The van der Waals surface area contributed by atoms with E-state index in [1.54, 1.807) is 17.0 Å². The van der Waals surface area contributed by atoms with Crippen molar-refractivity contribution in [3.63, 3.8) is 0 Å².